The molecule has 1 fully saturated rings. The predicted octanol–water partition coefficient (Wildman–Crippen LogP) is 2.20. The number of pyridine rings is 1. The van der Waals surface area contributed by atoms with Crippen molar-refractivity contribution in [2.75, 3.05) is 55.2 Å². The number of morpholine rings is 1. The summed E-state index contributed by atoms with van der Waals surface area (Å²) in [7, 11) is -3.48. The summed E-state index contributed by atoms with van der Waals surface area (Å²) >= 11 is 0. The van der Waals surface area contributed by atoms with Crippen molar-refractivity contribution in [3.8, 4) is 5.75 Å². The van der Waals surface area contributed by atoms with Crippen molar-refractivity contribution in [2.24, 2.45) is 0 Å². The molecule has 236 valence electrons. The number of nitrogens with zero attached hydrogens (tertiary/aromatic N) is 3. The summed E-state index contributed by atoms with van der Waals surface area (Å²) < 4.78 is 49.9. The number of carbonyl (C=O) groups is 2. The number of benzene rings is 2. The van der Waals surface area contributed by atoms with Gasteiger partial charge in [-0.1, -0.05) is 42.5 Å². The molecule has 45 heavy (non-hydrogen) atoms. The van der Waals surface area contributed by atoms with Crippen LogP contribution in [0.5, 0.6) is 5.75 Å². The highest BCUT2D eigenvalue weighted by molar-refractivity contribution is 7.90. The number of anilines is 2. The molecule has 12 nitrogen and oxygen atoms in total. The third kappa shape index (κ3) is 8.22. The fourth-order valence-electron chi connectivity index (χ4n) is 4.71. The first-order valence-corrected chi connectivity index (χ1v) is 16.2. The van der Waals surface area contributed by atoms with Crippen molar-refractivity contribution in [2.45, 2.75) is 13.0 Å². The quantitative estimate of drug-likeness (QED) is 0.237. The van der Waals surface area contributed by atoms with Crippen LogP contribution in [0.4, 0.5) is 15.8 Å². The van der Waals surface area contributed by atoms with E-state index in [0.717, 1.165) is 11.8 Å². The first-order valence-electron chi connectivity index (χ1n) is 14.1. The molecular weight excluding hydrogens is 605 g/mol. The van der Waals surface area contributed by atoms with Gasteiger partial charge in [-0.15, -0.1) is 0 Å². The van der Waals surface area contributed by atoms with E-state index in [1.54, 1.807) is 36.5 Å². The number of Topliss-reactive ketones (excluding diaryl/α,β-unsaturated/α-hetero) is 1. The Hall–Kier alpha value is -4.82. The maximum absolute atomic E-state index is 14.0. The molecular formula is C31H32FN5O7S. The van der Waals surface area contributed by atoms with Crippen molar-refractivity contribution in [3.05, 3.63) is 99.9 Å². The minimum Gasteiger partial charge on any atom is -0.481 e. The van der Waals surface area contributed by atoms with Gasteiger partial charge in [0.05, 0.1) is 31.1 Å². The van der Waals surface area contributed by atoms with Crippen LogP contribution in [0.15, 0.2) is 71.7 Å². The molecule has 2 aromatic carbocycles. The number of hydrogen-bond acceptors (Lipinski definition) is 10. The van der Waals surface area contributed by atoms with Gasteiger partial charge in [0.25, 0.3) is 5.91 Å². The Morgan fingerprint density at radius 2 is 1.76 bits per heavy atom. The van der Waals surface area contributed by atoms with Gasteiger partial charge in [-0.2, -0.15) is 0 Å². The van der Waals surface area contributed by atoms with Crippen molar-refractivity contribution >= 4 is 38.5 Å². The monoisotopic (exact) mass is 637 g/mol. The molecule has 0 atom stereocenters. The summed E-state index contributed by atoms with van der Waals surface area (Å²) in [6, 6.07) is 16.1. The molecule has 2 aromatic heterocycles. The minimum atomic E-state index is -3.48. The second-order valence-electron chi connectivity index (χ2n) is 10.5. The third-order valence-corrected chi connectivity index (χ3v) is 7.64. The highest BCUT2D eigenvalue weighted by Gasteiger charge is 2.25. The summed E-state index contributed by atoms with van der Waals surface area (Å²) in [5.74, 6) is -2.41. The number of ether oxygens (including phenoxy) is 2. The van der Waals surface area contributed by atoms with Crippen molar-refractivity contribution in [1.82, 2.24) is 14.7 Å². The SMILES string of the molecule is CS(=O)(=O)CNc1cc(N2CCOCC2)cn2c(=O)c(OCc3ccccc3)c(C(=O)NCC(=O)Cc3ccc(F)cc3)nc12. The lowest BCUT2D eigenvalue weighted by Crippen LogP contribution is -2.37. The summed E-state index contributed by atoms with van der Waals surface area (Å²) in [6.45, 7) is 1.61. The van der Waals surface area contributed by atoms with Crippen LogP contribution in [0, 0.1) is 5.82 Å². The van der Waals surface area contributed by atoms with E-state index in [1.165, 1.54) is 28.7 Å². The molecule has 0 saturated carbocycles. The fraction of sp³-hybridized carbons (Fsp3) is 0.290. The molecule has 0 aliphatic carbocycles. The van der Waals surface area contributed by atoms with Gasteiger partial charge < -0.3 is 25.0 Å². The van der Waals surface area contributed by atoms with E-state index >= 15 is 0 Å². The Balaban J connectivity index is 1.53. The number of hydrogen-bond donors (Lipinski definition) is 2. The number of ketones is 1. The van der Waals surface area contributed by atoms with E-state index in [-0.39, 0.29) is 48.1 Å². The number of sulfone groups is 1. The molecule has 0 bridgehead atoms. The molecule has 1 amide bonds. The summed E-state index contributed by atoms with van der Waals surface area (Å²) in [6.07, 6.45) is 2.57. The molecule has 1 saturated heterocycles. The predicted molar refractivity (Wildman–Crippen MR) is 166 cm³/mol. The number of fused-ring (bicyclic) bond motifs is 1. The molecule has 0 unspecified atom stereocenters. The third-order valence-electron chi connectivity index (χ3n) is 6.97. The lowest BCUT2D eigenvalue weighted by atomic mass is 10.1. The van der Waals surface area contributed by atoms with E-state index in [9.17, 15) is 27.2 Å². The van der Waals surface area contributed by atoms with E-state index in [1.807, 2.05) is 11.0 Å². The highest BCUT2D eigenvalue weighted by atomic mass is 32.2. The molecule has 1 aliphatic heterocycles. The van der Waals surface area contributed by atoms with Crippen LogP contribution in [0.3, 0.4) is 0 Å². The van der Waals surface area contributed by atoms with Crippen molar-refractivity contribution in [3.63, 3.8) is 0 Å². The highest BCUT2D eigenvalue weighted by Crippen LogP contribution is 2.26. The maximum atomic E-state index is 14.0. The van der Waals surface area contributed by atoms with Gasteiger partial charge >= 0.3 is 5.56 Å². The van der Waals surface area contributed by atoms with Gasteiger partial charge in [-0.05, 0) is 29.3 Å². The lowest BCUT2D eigenvalue weighted by Gasteiger charge is -2.29. The maximum Gasteiger partial charge on any atom is 0.301 e. The van der Waals surface area contributed by atoms with Crippen LogP contribution in [0.25, 0.3) is 5.65 Å². The zero-order chi connectivity index (χ0) is 32.0. The topological polar surface area (TPSA) is 148 Å². The average Bonchev–Trinajstić information content (AvgIpc) is 3.03. The Morgan fingerprint density at radius 1 is 1.04 bits per heavy atom. The Labute approximate surface area is 258 Å². The largest absolute Gasteiger partial charge is 0.481 e. The van der Waals surface area contributed by atoms with E-state index in [0.29, 0.717) is 37.6 Å². The van der Waals surface area contributed by atoms with Gasteiger partial charge in [-0.25, -0.2) is 17.8 Å². The molecule has 4 aromatic rings. The number of halogens is 1. The molecule has 0 spiro atoms. The fourth-order valence-corrected chi connectivity index (χ4v) is 5.13. The summed E-state index contributed by atoms with van der Waals surface area (Å²) in [5, 5.41) is 5.35. The summed E-state index contributed by atoms with van der Waals surface area (Å²) in [5.41, 5.74) is 1.06. The van der Waals surface area contributed by atoms with Crippen LogP contribution in [-0.2, 0) is 32.4 Å². The Morgan fingerprint density at radius 3 is 2.44 bits per heavy atom. The Kier molecular flexibility index (Phi) is 9.74. The smallest absolute Gasteiger partial charge is 0.301 e. The first kappa shape index (κ1) is 31.6. The van der Waals surface area contributed by atoms with E-state index in [2.05, 4.69) is 15.6 Å². The number of nitrogens with one attached hydrogen (secondary N) is 2. The standard InChI is InChI=1S/C31H32FN5O7S/c1-45(41,42)20-34-26-16-24(36-11-13-43-14-12-36)18-37-29(26)35-27(28(31(37)40)44-19-22-5-3-2-4-6-22)30(39)33-17-25(38)15-21-7-9-23(32)10-8-21/h2-10,16,18,34H,11-15,17,19-20H2,1H3,(H,33,39). The van der Waals surface area contributed by atoms with Crippen LogP contribution in [0.1, 0.15) is 21.6 Å². The first-order chi connectivity index (χ1) is 21.6. The normalized spacial score (nSPS) is 13.4. The average molecular weight is 638 g/mol. The zero-order valence-electron chi connectivity index (χ0n) is 24.5. The van der Waals surface area contributed by atoms with Gasteiger partial charge in [0.2, 0.25) is 5.75 Å². The second-order valence-corrected chi connectivity index (χ2v) is 12.7. The molecule has 3 heterocycles. The molecule has 2 N–H and O–H groups in total. The van der Waals surface area contributed by atoms with Gasteiger partial charge in [-0.3, -0.25) is 18.8 Å². The number of rotatable bonds is 12. The molecule has 1 aliphatic rings. The zero-order valence-corrected chi connectivity index (χ0v) is 25.3. The minimum absolute atomic E-state index is 0.00416. The number of carbonyl (C=O) groups excluding carboxylic acids is 2. The van der Waals surface area contributed by atoms with Crippen LogP contribution >= 0.6 is 0 Å². The lowest BCUT2D eigenvalue weighted by molar-refractivity contribution is -0.117. The van der Waals surface area contributed by atoms with Crippen molar-refractivity contribution in [1.29, 1.82) is 0 Å². The number of aromatic nitrogens is 2. The molecule has 5 rings (SSSR count). The molecule has 14 heteroatoms. The van der Waals surface area contributed by atoms with Gasteiger partial charge in [0.15, 0.2) is 27.0 Å². The Bertz CT molecular complexity index is 1860. The second kappa shape index (κ2) is 13.9. The molecule has 0 radical (unpaired) electrons. The van der Waals surface area contributed by atoms with Gasteiger partial charge in [0.1, 0.15) is 18.3 Å². The number of amides is 1. The van der Waals surface area contributed by atoms with Crippen LogP contribution in [0.2, 0.25) is 0 Å². The summed E-state index contributed by atoms with van der Waals surface area (Å²) in [4.78, 5) is 46.6. The van der Waals surface area contributed by atoms with Crippen molar-refractivity contribution < 1.29 is 31.9 Å². The van der Waals surface area contributed by atoms with Gasteiger partial charge in [0, 0.05) is 32.0 Å². The van der Waals surface area contributed by atoms with Crippen LogP contribution < -0.4 is 25.8 Å². The van der Waals surface area contributed by atoms with Crippen LogP contribution in [-0.4, -0.2) is 74.5 Å². The van der Waals surface area contributed by atoms with E-state index < -0.39 is 33.0 Å². The van der Waals surface area contributed by atoms with E-state index in [4.69, 9.17) is 9.47 Å².